The van der Waals surface area contributed by atoms with Gasteiger partial charge in [0.15, 0.2) is 13.1 Å². The lowest BCUT2D eigenvalue weighted by atomic mass is 10.2. The number of hydrogen-bond donors (Lipinski definition) is 0. The fraction of sp³-hybridized carbons (Fsp3) is 0.409. The molecule has 2 rings (SSSR count). The quantitative estimate of drug-likeness (QED) is 0.338. The van der Waals surface area contributed by atoms with Crippen LogP contribution < -0.4 is 9.92 Å². The van der Waals surface area contributed by atoms with Crippen molar-refractivity contribution in [2.75, 3.05) is 13.9 Å². The van der Waals surface area contributed by atoms with Crippen molar-refractivity contribution < 1.29 is 18.7 Å². The molecule has 0 aliphatic rings. The lowest BCUT2D eigenvalue weighted by molar-refractivity contribution is 0.0505. The Morgan fingerprint density at radius 2 is 1.67 bits per heavy atom. The van der Waals surface area contributed by atoms with Gasteiger partial charge in [-0.05, 0) is 34.0 Å². The third kappa shape index (κ3) is 4.86. The Bertz CT molecular complexity index is 720. The van der Waals surface area contributed by atoms with Gasteiger partial charge in [-0.2, -0.15) is 0 Å². The highest BCUT2D eigenvalue weighted by Crippen LogP contribution is 2.35. The molecule has 0 saturated carbocycles. The van der Waals surface area contributed by atoms with Crippen molar-refractivity contribution in [2.45, 2.75) is 45.4 Å². The first kappa shape index (κ1) is 21.3. The number of methoxy groups -OCH3 is 1. The first-order valence-corrected chi connectivity index (χ1v) is 11.4. The minimum atomic E-state index is -2.36. The Hall–Kier alpha value is -1.95. The van der Waals surface area contributed by atoms with E-state index in [9.17, 15) is 4.79 Å². The van der Waals surface area contributed by atoms with E-state index in [-0.39, 0.29) is 6.79 Å². The van der Waals surface area contributed by atoms with Crippen LogP contribution in [0.15, 0.2) is 48.5 Å². The van der Waals surface area contributed by atoms with Crippen LogP contribution in [0.25, 0.3) is 0 Å². The molecule has 4 nitrogen and oxygen atoms in total. The summed E-state index contributed by atoms with van der Waals surface area (Å²) in [5, 5.41) is 1.12. The maximum absolute atomic E-state index is 11.6. The van der Waals surface area contributed by atoms with Crippen molar-refractivity contribution in [3.8, 4) is 5.75 Å². The molecule has 146 valence electrons. The molecule has 0 heterocycles. The summed E-state index contributed by atoms with van der Waals surface area (Å²) in [5.41, 5.74) is 2.40. The zero-order valence-corrected chi connectivity index (χ0v) is 17.9. The molecule has 0 spiro atoms. The van der Waals surface area contributed by atoms with Gasteiger partial charge in [0.05, 0.1) is 12.2 Å². The molecule has 2 aromatic carbocycles. The predicted molar refractivity (Wildman–Crippen MR) is 111 cm³/mol. The molecule has 0 bridgehead atoms. The molecule has 0 unspecified atom stereocenters. The highest BCUT2D eigenvalue weighted by molar-refractivity contribution is 6.88. The van der Waals surface area contributed by atoms with E-state index in [0.29, 0.717) is 29.0 Å². The third-order valence-electron chi connectivity index (χ3n) is 4.96. The van der Waals surface area contributed by atoms with Crippen LogP contribution in [0.2, 0.25) is 11.1 Å². The van der Waals surface area contributed by atoms with E-state index in [1.807, 2.05) is 30.3 Å². The molecule has 0 fully saturated rings. The lowest BCUT2D eigenvalue weighted by Crippen LogP contribution is -2.56. The van der Waals surface area contributed by atoms with Gasteiger partial charge in [0.2, 0.25) is 8.32 Å². The maximum atomic E-state index is 11.6. The van der Waals surface area contributed by atoms with E-state index in [1.165, 1.54) is 0 Å². The zero-order chi connectivity index (χ0) is 19.9. The van der Waals surface area contributed by atoms with Gasteiger partial charge >= 0.3 is 0 Å². The fourth-order valence-electron chi connectivity index (χ4n) is 3.66. The number of aldehydes is 1. The van der Waals surface area contributed by atoms with E-state index in [2.05, 4.69) is 45.9 Å². The Morgan fingerprint density at radius 1 is 1.00 bits per heavy atom. The van der Waals surface area contributed by atoms with Crippen molar-refractivity contribution >= 4 is 19.8 Å². The number of ether oxygens (including phenoxy) is 2. The smallest absolute Gasteiger partial charge is 0.229 e. The summed E-state index contributed by atoms with van der Waals surface area (Å²) in [6, 6.07) is 16.1. The number of carbonyl (C=O) groups excluding carboxylic acids is 1. The molecule has 0 aromatic heterocycles. The number of hydrogen-bond acceptors (Lipinski definition) is 4. The molecule has 0 radical (unpaired) electrons. The van der Waals surface area contributed by atoms with Crippen LogP contribution in [-0.2, 0) is 15.8 Å². The van der Waals surface area contributed by atoms with Gasteiger partial charge in [-0.25, -0.2) is 0 Å². The molecular formula is C22H30O4Si. The molecule has 5 heteroatoms. The number of rotatable bonds is 10. The van der Waals surface area contributed by atoms with Gasteiger partial charge in [-0.1, -0.05) is 64.1 Å². The number of benzene rings is 2. The largest absolute Gasteiger partial charge is 0.467 e. The Kier molecular flexibility index (Phi) is 7.77. The van der Waals surface area contributed by atoms with Gasteiger partial charge < -0.3 is 13.9 Å². The summed E-state index contributed by atoms with van der Waals surface area (Å²) in [5.74, 6) is 0.536. The summed E-state index contributed by atoms with van der Waals surface area (Å²) in [6.07, 6.45) is 0.839. The Labute approximate surface area is 163 Å². The minimum absolute atomic E-state index is 0.113. The second-order valence-corrected chi connectivity index (χ2v) is 12.1. The third-order valence-corrected chi connectivity index (χ3v) is 10.2. The van der Waals surface area contributed by atoms with E-state index in [1.54, 1.807) is 7.11 Å². The van der Waals surface area contributed by atoms with Crippen LogP contribution in [0.1, 0.15) is 43.6 Å². The van der Waals surface area contributed by atoms with E-state index in [0.717, 1.165) is 17.0 Å². The summed E-state index contributed by atoms with van der Waals surface area (Å²) in [4.78, 5) is 11.6. The maximum Gasteiger partial charge on any atom is 0.229 e. The van der Waals surface area contributed by atoms with Crippen molar-refractivity contribution in [3.05, 3.63) is 59.7 Å². The molecule has 27 heavy (non-hydrogen) atoms. The molecule has 0 aliphatic carbocycles. The van der Waals surface area contributed by atoms with Gasteiger partial charge in [0.25, 0.3) is 0 Å². The molecule has 2 aromatic rings. The monoisotopic (exact) mass is 386 g/mol. The Morgan fingerprint density at radius 3 is 2.22 bits per heavy atom. The van der Waals surface area contributed by atoms with Crippen molar-refractivity contribution in [1.29, 1.82) is 0 Å². The summed E-state index contributed by atoms with van der Waals surface area (Å²) < 4.78 is 17.2. The summed E-state index contributed by atoms with van der Waals surface area (Å²) in [7, 11) is -0.799. The fourth-order valence-corrected chi connectivity index (χ4v) is 8.29. The van der Waals surface area contributed by atoms with Crippen molar-refractivity contribution in [2.24, 2.45) is 0 Å². The van der Waals surface area contributed by atoms with Crippen LogP contribution in [0.3, 0.4) is 0 Å². The minimum Gasteiger partial charge on any atom is -0.467 e. The average molecular weight is 387 g/mol. The molecule has 0 atom stereocenters. The summed E-state index contributed by atoms with van der Waals surface area (Å²) >= 11 is 0. The standard InChI is InChI=1S/C22H30O4Si/c1-17(2)27(18(3)4,26-15-19-9-7-6-8-10-19)21-11-12-22(25-16-24-5)20(13-21)14-23/h6-14,17-18H,15-16H2,1-5H3. The summed E-state index contributed by atoms with van der Waals surface area (Å²) in [6.45, 7) is 9.55. The molecular weight excluding hydrogens is 356 g/mol. The Balaban J connectivity index is 2.42. The molecule has 0 N–H and O–H groups in total. The molecule has 0 amide bonds. The van der Waals surface area contributed by atoms with Crippen LogP contribution in [0.4, 0.5) is 0 Å². The van der Waals surface area contributed by atoms with E-state index >= 15 is 0 Å². The normalized spacial score (nSPS) is 11.8. The van der Waals surface area contributed by atoms with Crippen LogP contribution in [-0.4, -0.2) is 28.5 Å². The van der Waals surface area contributed by atoms with Crippen molar-refractivity contribution in [3.63, 3.8) is 0 Å². The number of carbonyl (C=O) groups is 1. The lowest BCUT2D eigenvalue weighted by Gasteiger charge is -2.39. The van der Waals surface area contributed by atoms with Crippen LogP contribution in [0.5, 0.6) is 5.75 Å². The van der Waals surface area contributed by atoms with E-state index < -0.39 is 8.32 Å². The molecule has 0 saturated heterocycles. The van der Waals surface area contributed by atoms with Gasteiger partial charge in [-0.3, -0.25) is 4.79 Å². The second kappa shape index (κ2) is 9.83. The first-order valence-electron chi connectivity index (χ1n) is 9.35. The van der Waals surface area contributed by atoms with Crippen molar-refractivity contribution in [1.82, 2.24) is 0 Å². The molecule has 0 aliphatic heterocycles. The first-order chi connectivity index (χ1) is 13.0. The average Bonchev–Trinajstić information content (AvgIpc) is 2.67. The second-order valence-electron chi connectivity index (χ2n) is 7.30. The zero-order valence-electron chi connectivity index (χ0n) is 16.9. The van der Waals surface area contributed by atoms with Gasteiger partial charge in [0, 0.05) is 7.11 Å². The topological polar surface area (TPSA) is 44.8 Å². The van der Waals surface area contributed by atoms with Crippen LogP contribution >= 0.6 is 0 Å². The van der Waals surface area contributed by atoms with Crippen LogP contribution in [0, 0.1) is 0 Å². The SMILES string of the molecule is COCOc1ccc([Si](OCc2ccccc2)(C(C)C)C(C)C)cc1C=O. The predicted octanol–water partition coefficient (Wildman–Crippen LogP) is 4.67. The van der Waals surface area contributed by atoms with Gasteiger partial charge in [-0.15, -0.1) is 0 Å². The van der Waals surface area contributed by atoms with Gasteiger partial charge in [0.1, 0.15) is 5.75 Å². The van der Waals surface area contributed by atoms with E-state index in [4.69, 9.17) is 13.9 Å². The highest BCUT2D eigenvalue weighted by atomic mass is 28.4. The highest BCUT2D eigenvalue weighted by Gasteiger charge is 2.44.